The van der Waals surface area contributed by atoms with Gasteiger partial charge < -0.3 is 28.6 Å². The van der Waals surface area contributed by atoms with Crippen LogP contribution in [0.3, 0.4) is 0 Å². The molecular weight excluding hydrogens is 775 g/mol. The monoisotopic (exact) mass is 872 g/mol. The molecule has 0 bridgehead atoms. The Balaban J connectivity index is 4.27. The van der Waals surface area contributed by atoms with Crippen molar-refractivity contribution in [1.29, 1.82) is 0 Å². The number of carbonyl (C=O) groups excluding carboxylic acids is 3. The average molecular weight is 872 g/mol. The lowest BCUT2D eigenvalue weighted by Gasteiger charge is -2.34. The summed E-state index contributed by atoms with van der Waals surface area (Å²) in [4.78, 5) is 37.0. The van der Waals surface area contributed by atoms with Crippen LogP contribution in [0.5, 0.6) is 0 Å². The van der Waals surface area contributed by atoms with E-state index in [1.165, 1.54) is 128 Å². The molecule has 0 aliphatic rings. The number of rotatable bonds is 46. The van der Waals surface area contributed by atoms with Crippen LogP contribution in [0.2, 0.25) is 0 Å². The number of carbonyl (C=O) groups is 3. The fourth-order valence-corrected chi connectivity index (χ4v) is 7.55. The molecule has 2 atom stereocenters. The fraction of sp³-hybridized carbons (Fsp3) is 0.796. The Morgan fingerprint density at radius 3 is 1.29 bits per heavy atom. The molecule has 0 rings (SSSR count). The zero-order valence-electron chi connectivity index (χ0n) is 41.0. The zero-order valence-corrected chi connectivity index (χ0v) is 41.0. The number of unbranched alkanes of at least 4 members (excludes halogenated alkanes) is 27. The lowest BCUT2D eigenvalue weighted by atomic mass is 10.0. The van der Waals surface area contributed by atoms with Crippen molar-refractivity contribution in [2.45, 2.75) is 238 Å². The average Bonchev–Trinajstić information content (AvgIpc) is 3.23. The summed E-state index contributed by atoms with van der Waals surface area (Å²) in [5.74, 6) is -1.76. The molecule has 0 fully saturated rings. The van der Waals surface area contributed by atoms with Crippen molar-refractivity contribution in [3.05, 3.63) is 48.6 Å². The smallest absolute Gasteiger partial charge is 0.306 e. The van der Waals surface area contributed by atoms with Gasteiger partial charge in [-0.1, -0.05) is 217 Å². The van der Waals surface area contributed by atoms with Crippen LogP contribution in [-0.4, -0.2) is 75.5 Å². The van der Waals surface area contributed by atoms with E-state index in [4.69, 9.17) is 14.2 Å². The van der Waals surface area contributed by atoms with E-state index in [9.17, 15) is 19.5 Å². The molecule has 0 heterocycles. The Bertz CT molecular complexity index is 1150. The number of ether oxygens (including phenoxy) is 3. The number of allylic oxidation sites excluding steroid dienone is 8. The van der Waals surface area contributed by atoms with E-state index in [2.05, 4.69) is 62.5 Å². The predicted octanol–water partition coefficient (Wildman–Crippen LogP) is 13.4. The summed E-state index contributed by atoms with van der Waals surface area (Å²) in [7, 11) is 5.41. The van der Waals surface area contributed by atoms with Gasteiger partial charge in [0.1, 0.15) is 12.6 Å². The van der Waals surface area contributed by atoms with Gasteiger partial charge >= 0.3 is 11.9 Å². The molecule has 62 heavy (non-hydrogen) atoms. The topological polar surface area (TPSA) is 102 Å². The molecule has 8 nitrogen and oxygen atoms in total. The molecule has 0 amide bonds. The molecule has 0 aromatic rings. The highest BCUT2D eigenvalue weighted by Crippen LogP contribution is 2.16. The van der Waals surface area contributed by atoms with Crippen LogP contribution in [0, 0.1) is 0 Å². The second kappa shape index (κ2) is 44.9. The first-order chi connectivity index (χ1) is 30.1. The van der Waals surface area contributed by atoms with Gasteiger partial charge in [-0.3, -0.25) is 9.59 Å². The standard InChI is InChI=1S/C54H97NO7/c1-6-8-10-12-14-16-18-20-22-24-26-27-29-30-32-34-36-38-40-42-44-52(56)61-49-50(48-60-47-46-51(54(58)59)55(3,4)5)62-53(57)45-43-41-39-37-35-33-31-28-25-23-21-19-17-15-13-11-9-7-2/h15,17,19,21,23,25,28,31,50-51H,6-14,16,18,20,22,24,26-27,29-30,32-49H2,1-5H3/b17-15+,21-19+,25-23+,31-28+. The molecule has 0 radical (unpaired) electrons. The molecular formula is C54H97NO7. The Morgan fingerprint density at radius 2 is 0.855 bits per heavy atom. The number of hydrogen-bond donors (Lipinski definition) is 0. The zero-order chi connectivity index (χ0) is 45.6. The summed E-state index contributed by atoms with van der Waals surface area (Å²) in [6, 6.07) is -0.731. The molecule has 2 unspecified atom stereocenters. The van der Waals surface area contributed by atoms with E-state index < -0.39 is 18.1 Å². The summed E-state index contributed by atoms with van der Waals surface area (Å²) in [6.45, 7) is 4.63. The van der Waals surface area contributed by atoms with Gasteiger partial charge in [0.05, 0.1) is 40.3 Å². The van der Waals surface area contributed by atoms with Crippen LogP contribution in [0.1, 0.15) is 226 Å². The fourth-order valence-electron chi connectivity index (χ4n) is 7.55. The molecule has 0 aliphatic carbocycles. The number of hydrogen-bond acceptors (Lipinski definition) is 7. The normalized spacial score (nSPS) is 13.2. The Hall–Kier alpha value is -2.71. The molecule has 0 saturated carbocycles. The number of esters is 2. The molecule has 0 spiro atoms. The van der Waals surface area contributed by atoms with Gasteiger partial charge in [-0.2, -0.15) is 0 Å². The number of quaternary nitrogens is 1. The first-order valence-corrected chi connectivity index (χ1v) is 25.7. The molecule has 0 saturated heterocycles. The summed E-state index contributed by atoms with van der Waals surface area (Å²) in [5, 5.41) is 11.7. The van der Waals surface area contributed by atoms with Gasteiger partial charge in [-0.05, 0) is 38.5 Å². The van der Waals surface area contributed by atoms with Gasteiger partial charge in [0.15, 0.2) is 6.10 Å². The maximum Gasteiger partial charge on any atom is 0.306 e. The van der Waals surface area contributed by atoms with Crippen LogP contribution in [-0.2, 0) is 28.6 Å². The van der Waals surface area contributed by atoms with Crippen molar-refractivity contribution in [3.8, 4) is 0 Å². The maximum atomic E-state index is 12.8. The van der Waals surface area contributed by atoms with Gasteiger partial charge in [0, 0.05) is 19.3 Å². The van der Waals surface area contributed by atoms with E-state index in [0.29, 0.717) is 12.8 Å². The first-order valence-electron chi connectivity index (χ1n) is 25.7. The van der Waals surface area contributed by atoms with E-state index in [1.54, 1.807) is 21.1 Å². The van der Waals surface area contributed by atoms with E-state index in [1.807, 2.05) is 0 Å². The lowest BCUT2D eigenvalue weighted by molar-refractivity contribution is -0.889. The third-order valence-corrected chi connectivity index (χ3v) is 11.6. The molecule has 0 aromatic carbocycles. The van der Waals surface area contributed by atoms with Crippen LogP contribution < -0.4 is 5.11 Å². The second-order valence-corrected chi connectivity index (χ2v) is 18.5. The van der Waals surface area contributed by atoms with Crippen LogP contribution in [0.15, 0.2) is 48.6 Å². The number of likely N-dealkylation sites (N-methyl/N-ethyl adjacent to an activating group) is 1. The van der Waals surface area contributed by atoms with E-state index in [0.717, 1.165) is 64.2 Å². The molecule has 360 valence electrons. The number of carboxylic acids is 1. The Labute approximate surface area is 382 Å². The van der Waals surface area contributed by atoms with Crippen LogP contribution in [0.25, 0.3) is 0 Å². The molecule has 0 aromatic heterocycles. The van der Waals surface area contributed by atoms with Crippen molar-refractivity contribution < 1.29 is 38.2 Å². The van der Waals surface area contributed by atoms with E-state index >= 15 is 0 Å². The van der Waals surface area contributed by atoms with Gasteiger partial charge in [-0.25, -0.2) is 0 Å². The maximum absolute atomic E-state index is 12.8. The minimum Gasteiger partial charge on any atom is -0.544 e. The highest BCUT2D eigenvalue weighted by molar-refractivity contribution is 5.70. The highest BCUT2D eigenvalue weighted by atomic mass is 16.6. The van der Waals surface area contributed by atoms with Crippen LogP contribution in [0.4, 0.5) is 0 Å². The largest absolute Gasteiger partial charge is 0.544 e. The Kier molecular flexibility index (Phi) is 42.9. The second-order valence-electron chi connectivity index (χ2n) is 18.5. The third-order valence-electron chi connectivity index (χ3n) is 11.6. The van der Waals surface area contributed by atoms with Crippen molar-refractivity contribution >= 4 is 17.9 Å². The summed E-state index contributed by atoms with van der Waals surface area (Å²) in [6.07, 6.45) is 54.2. The van der Waals surface area contributed by atoms with Crippen molar-refractivity contribution in [3.63, 3.8) is 0 Å². The molecule has 0 aliphatic heterocycles. The number of aliphatic carboxylic acids is 1. The quantitative estimate of drug-likeness (QED) is 0.0260. The first kappa shape index (κ1) is 59.3. The highest BCUT2D eigenvalue weighted by Gasteiger charge is 2.25. The predicted molar refractivity (Wildman–Crippen MR) is 259 cm³/mol. The summed E-state index contributed by atoms with van der Waals surface area (Å²) >= 11 is 0. The molecule has 0 N–H and O–H groups in total. The van der Waals surface area contributed by atoms with Crippen LogP contribution >= 0.6 is 0 Å². The number of carboxylic acid groups (broad SMARTS) is 1. The Morgan fingerprint density at radius 1 is 0.484 bits per heavy atom. The van der Waals surface area contributed by atoms with E-state index in [-0.39, 0.29) is 42.7 Å². The molecule has 8 heteroatoms. The van der Waals surface area contributed by atoms with Crippen molar-refractivity contribution in [2.75, 3.05) is 41.0 Å². The van der Waals surface area contributed by atoms with Crippen molar-refractivity contribution in [2.24, 2.45) is 0 Å². The summed E-state index contributed by atoms with van der Waals surface area (Å²) in [5.41, 5.74) is 0. The minimum atomic E-state index is -1.13. The van der Waals surface area contributed by atoms with Gasteiger partial charge in [0.25, 0.3) is 0 Å². The van der Waals surface area contributed by atoms with Crippen molar-refractivity contribution in [1.82, 2.24) is 0 Å². The minimum absolute atomic E-state index is 0.0321. The number of nitrogens with zero attached hydrogens (tertiary/aromatic N) is 1. The lowest BCUT2D eigenvalue weighted by Crippen LogP contribution is -2.55. The van der Waals surface area contributed by atoms with Gasteiger partial charge in [-0.15, -0.1) is 0 Å². The van der Waals surface area contributed by atoms with Gasteiger partial charge in [0.2, 0.25) is 0 Å². The summed E-state index contributed by atoms with van der Waals surface area (Å²) < 4.78 is 17.2. The SMILES string of the molecule is CCCCC/C=C/C=C/C=C/C=C/CCCCCCCC(=O)OC(COCCC(C(=O)[O-])[N+](C)(C)C)COC(=O)CCCCCCCCCCCCCCCCCCCCCC. The third kappa shape index (κ3) is 42.6.